The van der Waals surface area contributed by atoms with Crippen LogP contribution in [0.5, 0.6) is 0 Å². The highest BCUT2D eigenvalue weighted by atomic mass is 16.5. The topological polar surface area (TPSA) is 43.4 Å². The maximum Gasteiger partial charge on any atom is 0.221 e. The number of benzene rings is 1. The van der Waals surface area contributed by atoms with E-state index in [2.05, 4.69) is 0 Å². The molecule has 0 saturated heterocycles. The van der Waals surface area contributed by atoms with Crippen molar-refractivity contribution in [3.8, 4) is 0 Å². The summed E-state index contributed by atoms with van der Waals surface area (Å²) >= 11 is 0. The lowest BCUT2D eigenvalue weighted by molar-refractivity contribution is -0.116. The SMILES string of the molecule is COC1=CC(=O)C(c2ccccc2C)=CC1=O. The first kappa shape index (κ1) is 11.3. The predicted molar refractivity (Wildman–Crippen MR) is 64.3 cm³/mol. The van der Waals surface area contributed by atoms with E-state index < -0.39 is 0 Å². The molecule has 0 unspecified atom stereocenters. The Bertz CT molecular complexity index is 550. The summed E-state index contributed by atoms with van der Waals surface area (Å²) in [5.41, 5.74) is 2.18. The smallest absolute Gasteiger partial charge is 0.221 e. The second-order valence-corrected chi connectivity index (χ2v) is 3.81. The first-order valence-corrected chi connectivity index (χ1v) is 5.25. The standard InChI is InChI=1S/C14H12O3/c1-9-5-3-4-6-10(9)11-7-13(16)14(17-2)8-12(11)15/h3-8H,1-2H3. The third kappa shape index (κ3) is 2.04. The summed E-state index contributed by atoms with van der Waals surface area (Å²) in [4.78, 5) is 23.5. The average Bonchev–Trinajstić information content (AvgIpc) is 2.32. The highest BCUT2D eigenvalue weighted by molar-refractivity contribution is 6.34. The maximum atomic E-state index is 11.9. The molecule has 0 fully saturated rings. The van der Waals surface area contributed by atoms with Gasteiger partial charge in [0.1, 0.15) is 0 Å². The van der Waals surface area contributed by atoms with Crippen LogP contribution < -0.4 is 0 Å². The molecule has 0 aromatic heterocycles. The summed E-state index contributed by atoms with van der Waals surface area (Å²) in [5.74, 6) is -0.381. The number of carbonyl (C=O) groups excluding carboxylic acids is 2. The molecule has 0 atom stereocenters. The quantitative estimate of drug-likeness (QED) is 0.728. The Hall–Kier alpha value is -2.16. The zero-order valence-electron chi connectivity index (χ0n) is 9.69. The van der Waals surface area contributed by atoms with Gasteiger partial charge in [-0.3, -0.25) is 9.59 Å². The third-order valence-corrected chi connectivity index (χ3v) is 2.70. The highest BCUT2D eigenvalue weighted by Gasteiger charge is 2.22. The van der Waals surface area contributed by atoms with Crippen LogP contribution in [0.15, 0.2) is 42.2 Å². The maximum absolute atomic E-state index is 11.9. The largest absolute Gasteiger partial charge is 0.493 e. The van der Waals surface area contributed by atoms with E-state index in [1.807, 2.05) is 31.2 Å². The molecule has 0 bridgehead atoms. The molecule has 3 nitrogen and oxygen atoms in total. The molecule has 0 heterocycles. The molecule has 0 radical (unpaired) electrons. The van der Waals surface area contributed by atoms with Crippen LogP contribution in [0.1, 0.15) is 11.1 Å². The fraction of sp³-hybridized carbons (Fsp3) is 0.143. The number of hydrogen-bond acceptors (Lipinski definition) is 3. The van der Waals surface area contributed by atoms with Crippen LogP contribution in [-0.4, -0.2) is 18.7 Å². The summed E-state index contributed by atoms with van der Waals surface area (Å²) in [7, 11) is 1.38. The molecular weight excluding hydrogens is 216 g/mol. The summed E-state index contributed by atoms with van der Waals surface area (Å²) < 4.78 is 4.83. The number of rotatable bonds is 2. The van der Waals surface area contributed by atoms with Gasteiger partial charge in [-0.15, -0.1) is 0 Å². The third-order valence-electron chi connectivity index (χ3n) is 2.70. The second kappa shape index (κ2) is 4.37. The van der Waals surface area contributed by atoms with E-state index in [-0.39, 0.29) is 17.3 Å². The minimum absolute atomic E-state index is 0.0901. The molecule has 2 rings (SSSR count). The van der Waals surface area contributed by atoms with Gasteiger partial charge in [-0.2, -0.15) is 0 Å². The van der Waals surface area contributed by atoms with Crippen LogP contribution in [0.4, 0.5) is 0 Å². The van der Waals surface area contributed by atoms with Gasteiger partial charge in [-0.05, 0) is 18.1 Å². The number of methoxy groups -OCH3 is 1. The van der Waals surface area contributed by atoms with E-state index >= 15 is 0 Å². The van der Waals surface area contributed by atoms with E-state index in [0.717, 1.165) is 11.1 Å². The molecule has 0 saturated carbocycles. The van der Waals surface area contributed by atoms with E-state index in [1.165, 1.54) is 19.3 Å². The van der Waals surface area contributed by atoms with Gasteiger partial charge in [0.2, 0.25) is 5.78 Å². The minimum atomic E-state index is -0.273. The van der Waals surface area contributed by atoms with Crippen molar-refractivity contribution >= 4 is 17.1 Å². The van der Waals surface area contributed by atoms with Crippen molar-refractivity contribution in [2.45, 2.75) is 6.92 Å². The van der Waals surface area contributed by atoms with E-state index in [0.29, 0.717) is 5.57 Å². The number of carbonyl (C=O) groups is 2. The lowest BCUT2D eigenvalue weighted by Crippen LogP contribution is -2.14. The molecule has 0 N–H and O–H groups in total. The van der Waals surface area contributed by atoms with Crippen molar-refractivity contribution in [3.63, 3.8) is 0 Å². The average molecular weight is 228 g/mol. The molecule has 1 aliphatic carbocycles. The Morgan fingerprint density at radius 1 is 1.00 bits per heavy atom. The fourth-order valence-electron chi connectivity index (χ4n) is 1.79. The van der Waals surface area contributed by atoms with Gasteiger partial charge in [0.15, 0.2) is 11.5 Å². The van der Waals surface area contributed by atoms with Crippen molar-refractivity contribution < 1.29 is 14.3 Å². The first-order chi connectivity index (χ1) is 8.13. The zero-order chi connectivity index (χ0) is 12.4. The van der Waals surface area contributed by atoms with Crippen LogP contribution in [0.25, 0.3) is 5.57 Å². The lowest BCUT2D eigenvalue weighted by Gasteiger charge is -2.12. The van der Waals surface area contributed by atoms with Crippen LogP contribution in [-0.2, 0) is 14.3 Å². The molecule has 1 aromatic carbocycles. The highest BCUT2D eigenvalue weighted by Crippen LogP contribution is 2.24. The Morgan fingerprint density at radius 3 is 2.35 bits per heavy atom. The van der Waals surface area contributed by atoms with E-state index in [4.69, 9.17) is 4.74 Å². The molecule has 1 aromatic rings. The Labute approximate surface area is 99.4 Å². The van der Waals surface area contributed by atoms with Crippen molar-refractivity contribution in [2.75, 3.05) is 7.11 Å². The lowest BCUT2D eigenvalue weighted by atomic mass is 9.92. The molecule has 0 spiro atoms. The van der Waals surface area contributed by atoms with Crippen molar-refractivity contribution in [2.24, 2.45) is 0 Å². The van der Waals surface area contributed by atoms with Gasteiger partial charge >= 0.3 is 0 Å². The van der Waals surface area contributed by atoms with Gasteiger partial charge in [-0.1, -0.05) is 24.3 Å². The summed E-state index contributed by atoms with van der Waals surface area (Å²) in [6.07, 6.45) is 2.58. The first-order valence-electron chi connectivity index (χ1n) is 5.25. The molecule has 86 valence electrons. The van der Waals surface area contributed by atoms with Crippen LogP contribution in [0.3, 0.4) is 0 Å². The summed E-state index contributed by atoms with van der Waals surface area (Å²) in [6, 6.07) is 7.48. The van der Waals surface area contributed by atoms with Gasteiger partial charge in [0.05, 0.1) is 7.11 Å². The molecule has 3 heteroatoms. The van der Waals surface area contributed by atoms with Crippen LogP contribution in [0.2, 0.25) is 0 Å². The van der Waals surface area contributed by atoms with Gasteiger partial charge in [-0.25, -0.2) is 0 Å². The Morgan fingerprint density at radius 2 is 1.71 bits per heavy atom. The van der Waals surface area contributed by atoms with Crippen molar-refractivity contribution in [1.29, 1.82) is 0 Å². The van der Waals surface area contributed by atoms with E-state index in [9.17, 15) is 9.59 Å². The number of ether oxygens (including phenoxy) is 1. The van der Waals surface area contributed by atoms with Gasteiger partial charge in [0.25, 0.3) is 0 Å². The monoisotopic (exact) mass is 228 g/mol. The molecule has 0 aliphatic heterocycles. The van der Waals surface area contributed by atoms with Crippen molar-refractivity contribution in [1.82, 2.24) is 0 Å². The van der Waals surface area contributed by atoms with Crippen molar-refractivity contribution in [3.05, 3.63) is 53.3 Å². The van der Waals surface area contributed by atoms with Gasteiger partial charge in [0, 0.05) is 17.7 Å². The fourth-order valence-corrected chi connectivity index (χ4v) is 1.79. The second-order valence-electron chi connectivity index (χ2n) is 3.81. The molecular formula is C14H12O3. The minimum Gasteiger partial charge on any atom is -0.493 e. The number of hydrogen-bond donors (Lipinski definition) is 0. The number of aryl methyl sites for hydroxylation is 1. The normalized spacial score (nSPS) is 15.4. The number of ketones is 2. The summed E-state index contributed by atoms with van der Waals surface area (Å²) in [5, 5.41) is 0. The van der Waals surface area contributed by atoms with Gasteiger partial charge < -0.3 is 4.74 Å². The van der Waals surface area contributed by atoms with Crippen LogP contribution >= 0.6 is 0 Å². The molecule has 17 heavy (non-hydrogen) atoms. The van der Waals surface area contributed by atoms with Crippen LogP contribution in [0, 0.1) is 6.92 Å². The molecule has 1 aliphatic rings. The van der Waals surface area contributed by atoms with E-state index in [1.54, 1.807) is 0 Å². The molecule has 0 amide bonds. The summed E-state index contributed by atoms with van der Waals surface area (Å²) in [6.45, 7) is 1.91. The Balaban J connectivity index is 2.46. The zero-order valence-corrected chi connectivity index (χ0v) is 9.69. The predicted octanol–water partition coefficient (Wildman–Crippen LogP) is 2.06. The number of allylic oxidation sites excluding steroid dienone is 3. The Kier molecular flexibility index (Phi) is 2.91.